The molecule has 0 fully saturated rings. The van der Waals surface area contributed by atoms with Crippen molar-refractivity contribution in [3.63, 3.8) is 0 Å². The van der Waals surface area contributed by atoms with Crippen LogP contribution in [-0.2, 0) is 15.6 Å². The van der Waals surface area contributed by atoms with E-state index in [2.05, 4.69) is 4.98 Å². The van der Waals surface area contributed by atoms with E-state index in [1.54, 1.807) is 6.92 Å². The zero-order valence-corrected chi connectivity index (χ0v) is 11.4. The summed E-state index contributed by atoms with van der Waals surface area (Å²) in [6.45, 7) is 1.30. The lowest BCUT2D eigenvalue weighted by Crippen LogP contribution is -2.13. The molecular formula is C13H15NO4S. The lowest BCUT2D eigenvalue weighted by Gasteiger charge is -1.99. The third kappa shape index (κ3) is 3.42. The number of nitrogens with zero attached hydrogens (tertiary/aromatic N) is 1. The number of aliphatic hydroxyl groups excluding tert-OH is 1. The minimum absolute atomic E-state index is 0.213. The number of oxazole rings is 1. The first-order chi connectivity index (χ1) is 9.02. The second-order valence-corrected chi connectivity index (χ2v) is 6.39. The molecule has 0 spiro atoms. The Bertz CT molecular complexity index is 647. The second-order valence-electron chi connectivity index (χ2n) is 4.20. The van der Waals surface area contributed by atoms with Gasteiger partial charge < -0.3 is 9.52 Å². The van der Waals surface area contributed by atoms with Gasteiger partial charge in [0.15, 0.2) is 9.84 Å². The molecular weight excluding hydrogens is 266 g/mol. The van der Waals surface area contributed by atoms with Crippen molar-refractivity contribution in [2.75, 3.05) is 12.4 Å². The molecule has 0 aliphatic rings. The van der Waals surface area contributed by atoms with Gasteiger partial charge in [-0.2, -0.15) is 0 Å². The normalized spacial score (nSPS) is 11.7. The third-order valence-electron chi connectivity index (χ3n) is 2.67. The van der Waals surface area contributed by atoms with Gasteiger partial charge in [-0.05, 0) is 19.1 Å². The van der Waals surface area contributed by atoms with Crippen molar-refractivity contribution in [3.8, 4) is 11.5 Å². The van der Waals surface area contributed by atoms with Gasteiger partial charge in [-0.15, -0.1) is 0 Å². The molecule has 0 atom stereocenters. The minimum Gasteiger partial charge on any atom is -0.441 e. The van der Waals surface area contributed by atoms with E-state index in [0.717, 1.165) is 5.56 Å². The molecule has 0 bridgehead atoms. The Morgan fingerprint density at radius 3 is 2.58 bits per heavy atom. The standard InChI is InChI=1S/C13H15NO4S/c1-10-12(9-19(16,17)8-7-15)14-13(18-10)11-5-3-2-4-6-11/h2-6,15H,7-9H2,1H3. The van der Waals surface area contributed by atoms with Gasteiger partial charge in [0, 0.05) is 5.56 Å². The fraction of sp³-hybridized carbons (Fsp3) is 0.308. The van der Waals surface area contributed by atoms with Crippen LogP contribution in [0.1, 0.15) is 11.5 Å². The monoisotopic (exact) mass is 281 g/mol. The predicted octanol–water partition coefficient (Wildman–Crippen LogP) is 1.56. The van der Waals surface area contributed by atoms with E-state index in [-0.39, 0.29) is 18.1 Å². The highest BCUT2D eigenvalue weighted by Gasteiger charge is 2.18. The summed E-state index contributed by atoms with van der Waals surface area (Å²) >= 11 is 0. The summed E-state index contributed by atoms with van der Waals surface area (Å²) in [5.74, 6) is 0.419. The van der Waals surface area contributed by atoms with Crippen molar-refractivity contribution in [1.82, 2.24) is 4.98 Å². The van der Waals surface area contributed by atoms with Gasteiger partial charge in [0.05, 0.1) is 23.8 Å². The van der Waals surface area contributed by atoms with Gasteiger partial charge in [-0.25, -0.2) is 13.4 Å². The Morgan fingerprint density at radius 1 is 1.26 bits per heavy atom. The van der Waals surface area contributed by atoms with Crippen molar-refractivity contribution in [2.24, 2.45) is 0 Å². The molecule has 102 valence electrons. The first kappa shape index (κ1) is 13.8. The summed E-state index contributed by atoms with van der Waals surface area (Å²) in [7, 11) is -3.35. The quantitative estimate of drug-likeness (QED) is 0.899. The van der Waals surface area contributed by atoms with Gasteiger partial charge in [0.25, 0.3) is 0 Å². The average molecular weight is 281 g/mol. The maximum atomic E-state index is 11.7. The highest BCUT2D eigenvalue weighted by molar-refractivity contribution is 7.90. The third-order valence-corrected chi connectivity index (χ3v) is 4.19. The zero-order valence-electron chi connectivity index (χ0n) is 10.5. The number of rotatable bonds is 5. The lowest BCUT2D eigenvalue weighted by molar-refractivity contribution is 0.319. The molecule has 0 amide bonds. The number of hydrogen-bond donors (Lipinski definition) is 1. The van der Waals surface area contributed by atoms with Crippen molar-refractivity contribution < 1.29 is 17.9 Å². The van der Waals surface area contributed by atoms with Crippen molar-refractivity contribution in [3.05, 3.63) is 41.8 Å². The minimum atomic E-state index is -3.35. The number of aliphatic hydroxyl groups is 1. The Morgan fingerprint density at radius 2 is 1.95 bits per heavy atom. The summed E-state index contributed by atoms with van der Waals surface area (Å²) in [6.07, 6.45) is 0. The Kier molecular flexibility index (Phi) is 4.01. The van der Waals surface area contributed by atoms with Gasteiger partial charge in [-0.1, -0.05) is 18.2 Å². The van der Waals surface area contributed by atoms with E-state index in [4.69, 9.17) is 9.52 Å². The Labute approximate surface area is 111 Å². The molecule has 0 unspecified atom stereocenters. The van der Waals surface area contributed by atoms with E-state index in [0.29, 0.717) is 17.3 Å². The molecule has 2 rings (SSSR count). The number of benzene rings is 1. The van der Waals surface area contributed by atoms with Crippen LogP contribution in [0.2, 0.25) is 0 Å². The molecule has 0 radical (unpaired) electrons. The fourth-order valence-electron chi connectivity index (χ4n) is 1.69. The van der Waals surface area contributed by atoms with Gasteiger partial charge in [-0.3, -0.25) is 0 Å². The average Bonchev–Trinajstić information content (AvgIpc) is 2.71. The second kappa shape index (κ2) is 5.54. The highest BCUT2D eigenvalue weighted by Crippen LogP contribution is 2.22. The molecule has 2 aromatic rings. The van der Waals surface area contributed by atoms with Gasteiger partial charge >= 0.3 is 0 Å². The molecule has 1 N–H and O–H groups in total. The summed E-state index contributed by atoms with van der Waals surface area (Å²) in [5.41, 5.74) is 1.20. The van der Waals surface area contributed by atoms with Crippen molar-refractivity contribution >= 4 is 9.84 Å². The van der Waals surface area contributed by atoms with E-state index in [1.807, 2.05) is 30.3 Å². The summed E-state index contributed by atoms with van der Waals surface area (Å²) in [6, 6.07) is 9.29. The van der Waals surface area contributed by atoms with E-state index in [9.17, 15) is 8.42 Å². The molecule has 1 heterocycles. The summed E-state index contributed by atoms with van der Waals surface area (Å²) in [4.78, 5) is 4.22. The van der Waals surface area contributed by atoms with E-state index < -0.39 is 9.84 Å². The largest absolute Gasteiger partial charge is 0.441 e. The molecule has 5 nitrogen and oxygen atoms in total. The van der Waals surface area contributed by atoms with Crippen LogP contribution in [0.25, 0.3) is 11.5 Å². The maximum Gasteiger partial charge on any atom is 0.226 e. The number of aromatic nitrogens is 1. The van der Waals surface area contributed by atoms with Crippen LogP contribution in [0.4, 0.5) is 0 Å². The number of sulfone groups is 1. The Hall–Kier alpha value is -1.66. The smallest absolute Gasteiger partial charge is 0.226 e. The highest BCUT2D eigenvalue weighted by atomic mass is 32.2. The molecule has 0 aliphatic carbocycles. The van der Waals surface area contributed by atoms with Gasteiger partial charge in [0.2, 0.25) is 5.89 Å². The Balaban J connectivity index is 2.28. The summed E-state index contributed by atoms with van der Waals surface area (Å²) < 4.78 is 28.8. The maximum absolute atomic E-state index is 11.7. The SMILES string of the molecule is Cc1oc(-c2ccccc2)nc1CS(=O)(=O)CCO. The molecule has 0 saturated heterocycles. The zero-order chi connectivity index (χ0) is 13.9. The van der Waals surface area contributed by atoms with E-state index >= 15 is 0 Å². The molecule has 0 aliphatic heterocycles. The molecule has 1 aromatic heterocycles. The van der Waals surface area contributed by atoms with Crippen LogP contribution in [-0.4, -0.2) is 30.9 Å². The van der Waals surface area contributed by atoms with Crippen molar-refractivity contribution in [2.45, 2.75) is 12.7 Å². The molecule has 1 aromatic carbocycles. The molecule has 0 saturated carbocycles. The van der Waals surface area contributed by atoms with Crippen LogP contribution in [0, 0.1) is 6.92 Å². The summed E-state index contributed by atoms with van der Waals surface area (Å²) in [5, 5.41) is 8.71. The van der Waals surface area contributed by atoms with Crippen LogP contribution in [0.15, 0.2) is 34.7 Å². The van der Waals surface area contributed by atoms with Crippen LogP contribution >= 0.6 is 0 Å². The topological polar surface area (TPSA) is 80.4 Å². The van der Waals surface area contributed by atoms with Crippen LogP contribution in [0.3, 0.4) is 0 Å². The first-order valence-electron chi connectivity index (χ1n) is 5.85. The molecule has 19 heavy (non-hydrogen) atoms. The van der Waals surface area contributed by atoms with Crippen LogP contribution < -0.4 is 0 Å². The lowest BCUT2D eigenvalue weighted by atomic mass is 10.2. The van der Waals surface area contributed by atoms with E-state index in [1.165, 1.54) is 0 Å². The first-order valence-corrected chi connectivity index (χ1v) is 7.67. The molecule has 6 heteroatoms. The van der Waals surface area contributed by atoms with Crippen molar-refractivity contribution in [1.29, 1.82) is 0 Å². The number of hydrogen-bond acceptors (Lipinski definition) is 5. The number of aryl methyl sites for hydroxylation is 1. The fourth-order valence-corrected chi connectivity index (χ4v) is 2.79. The van der Waals surface area contributed by atoms with Crippen LogP contribution in [0.5, 0.6) is 0 Å². The van der Waals surface area contributed by atoms with Gasteiger partial charge in [0.1, 0.15) is 5.76 Å². The predicted molar refractivity (Wildman–Crippen MR) is 71.3 cm³/mol.